The third-order valence-electron chi connectivity index (χ3n) is 4.29. The number of amides is 3. The van der Waals surface area contributed by atoms with Gasteiger partial charge in [-0.2, -0.15) is 0 Å². The van der Waals surface area contributed by atoms with E-state index in [1.807, 2.05) is 0 Å². The molecule has 0 aliphatic carbocycles. The zero-order valence-electron chi connectivity index (χ0n) is 14.6. The molecule has 1 aromatic rings. The highest BCUT2D eigenvalue weighted by Crippen LogP contribution is 2.22. The molecule has 25 heavy (non-hydrogen) atoms. The molecule has 138 valence electrons. The Bertz CT molecular complexity index is 582. The second-order valence-corrected chi connectivity index (χ2v) is 6.28. The van der Waals surface area contributed by atoms with Crippen molar-refractivity contribution in [2.45, 2.75) is 25.7 Å². The zero-order valence-corrected chi connectivity index (χ0v) is 14.6. The van der Waals surface area contributed by atoms with E-state index in [2.05, 4.69) is 10.6 Å². The van der Waals surface area contributed by atoms with E-state index in [0.29, 0.717) is 44.3 Å². The number of carbonyl (C=O) groups excluding carboxylic acids is 2. The fourth-order valence-corrected chi connectivity index (χ4v) is 2.97. The first-order valence-corrected chi connectivity index (χ1v) is 8.65. The number of nitrogens with zero attached hydrogens (tertiary/aromatic N) is 1. The van der Waals surface area contributed by atoms with Crippen LogP contribution < -0.4 is 10.6 Å². The van der Waals surface area contributed by atoms with E-state index < -0.39 is 0 Å². The Morgan fingerprint density at radius 1 is 1.40 bits per heavy atom. The number of carbonyl (C=O) groups is 2. The van der Waals surface area contributed by atoms with Crippen LogP contribution in [0.5, 0.6) is 0 Å². The summed E-state index contributed by atoms with van der Waals surface area (Å²) >= 11 is 0. The van der Waals surface area contributed by atoms with E-state index in [-0.39, 0.29) is 17.8 Å². The Hall–Kier alpha value is -2.15. The molecule has 0 unspecified atom stereocenters. The molecule has 0 spiro atoms. The monoisotopic (exact) mass is 351 g/mol. The zero-order chi connectivity index (χ0) is 18.1. The van der Waals surface area contributed by atoms with Crippen molar-refractivity contribution in [3.05, 3.63) is 30.1 Å². The fraction of sp³-hybridized carbons (Fsp3) is 0.556. The predicted octanol–water partition coefficient (Wildman–Crippen LogP) is 2.61. The van der Waals surface area contributed by atoms with Crippen molar-refractivity contribution in [1.82, 2.24) is 10.2 Å². The molecule has 0 bridgehead atoms. The van der Waals surface area contributed by atoms with Gasteiger partial charge in [-0.25, -0.2) is 9.18 Å². The molecule has 1 fully saturated rings. The van der Waals surface area contributed by atoms with Crippen LogP contribution in [-0.2, 0) is 9.53 Å². The summed E-state index contributed by atoms with van der Waals surface area (Å²) in [7, 11) is 1.59. The van der Waals surface area contributed by atoms with Crippen LogP contribution in [0.2, 0.25) is 0 Å². The van der Waals surface area contributed by atoms with Gasteiger partial charge in [0.2, 0.25) is 5.91 Å². The summed E-state index contributed by atoms with van der Waals surface area (Å²) in [6, 6.07) is 5.63. The quantitative estimate of drug-likeness (QED) is 0.742. The number of nitrogens with one attached hydrogen (secondary N) is 2. The lowest BCUT2D eigenvalue weighted by atomic mass is 9.93. The Balaban J connectivity index is 1.76. The van der Waals surface area contributed by atoms with Gasteiger partial charge in [0.05, 0.1) is 6.61 Å². The maximum absolute atomic E-state index is 13.2. The number of ether oxygens (including phenoxy) is 1. The highest BCUT2D eigenvalue weighted by molar-refractivity contribution is 5.89. The van der Waals surface area contributed by atoms with Gasteiger partial charge in [-0.3, -0.25) is 4.79 Å². The molecule has 1 aliphatic rings. The van der Waals surface area contributed by atoms with E-state index in [4.69, 9.17) is 4.74 Å². The summed E-state index contributed by atoms with van der Waals surface area (Å²) in [6.45, 7) is 2.32. The van der Waals surface area contributed by atoms with Gasteiger partial charge in [0.1, 0.15) is 5.82 Å². The number of halogens is 1. The normalized spacial score (nSPS) is 17.2. The molecule has 1 heterocycles. The van der Waals surface area contributed by atoms with Crippen molar-refractivity contribution in [2.24, 2.45) is 5.92 Å². The van der Waals surface area contributed by atoms with Crippen molar-refractivity contribution in [1.29, 1.82) is 0 Å². The van der Waals surface area contributed by atoms with Gasteiger partial charge in [-0.05, 0) is 43.4 Å². The Labute approximate surface area is 147 Å². The Kier molecular flexibility index (Phi) is 7.66. The summed E-state index contributed by atoms with van der Waals surface area (Å²) < 4.78 is 18.1. The molecule has 1 saturated heterocycles. The molecule has 6 nitrogen and oxygen atoms in total. The first kappa shape index (κ1) is 19.2. The van der Waals surface area contributed by atoms with Crippen LogP contribution >= 0.6 is 0 Å². The van der Waals surface area contributed by atoms with Crippen LogP contribution in [0.3, 0.4) is 0 Å². The molecule has 3 amide bonds. The molecule has 0 saturated carbocycles. The fourth-order valence-electron chi connectivity index (χ4n) is 2.97. The van der Waals surface area contributed by atoms with Crippen LogP contribution in [0.4, 0.5) is 14.9 Å². The molecule has 1 aromatic carbocycles. The number of hydrogen-bond acceptors (Lipinski definition) is 3. The minimum Gasteiger partial charge on any atom is -0.383 e. The lowest BCUT2D eigenvalue weighted by molar-refractivity contribution is -0.121. The average molecular weight is 351 g/mol. The molecular formula is C18H26FN3O3. The summed E-state index contributed by atoms with van der Waals surface area (Å²) in [6.07, 6.45) is 3.12. The minimum absolute atomic E-state index is 0.0124. The van der Waals surface area contributed by atoms with Gasteiger partial charge in [0, 0.05) is 38.9 Å². The molecular weight excluding hydrogens is 325 g/mol. The molecule has 0 aromatic heterocycles. The van der Waals surface area contributed by atoms with Gasteiger partial charge in [-0.15, -0.1) is 0 Å². The van der Waals surface area contributed by atoms with Crippen LogP contribution in [0.1, 0.15) is 25.7 Å². The van der Waals surface area contributed by atoms with Crippen LogP contribution in [0.15, 0.2) is 24.3 Å². The average Bonchev–Trinajstić information content (AvgIpc) is 2.60. The maximum atomic E-state index is 13.2. The van der Waals surface area contributed by atoms with Gasteiger partial charge in [0.25, 0.3) is 0 Å². The van der Waals surface area contributed by atoms with E-state index in [1.54, 1.807) is 24.1 Å². The molecule has 2 rings (SSSR count). The van der Waals surface area contributed by atoms with E-state index in [0.717, 1.165) is 19.3 Å². The van der Waals surface area contributed by atoms with E-state index in [9.17, 15) is 14.0 Å². The maximum Gasteiger partial charge on any atom is 0.321 e. The van der Waals surface area contributed by atoms with Gasteiger partial charge >= 0.3 is 6.03 Å². The second-order valence-electron chi connectivity index (χ2n) is 6.28. The highest BCUT2D eigenvalue weighted by atomic mass is 19.1. The van der Waals surface area contributed by atoms with Crippen molar-refractivity contribution < 1.29 is 18.7 Å². The Morgan fingerprint density at radius 2 is 2.24 bits per heavy atom. The first-order valence-electron chi connectivity index (χ1n) is 8.65. The number of hydrogen-bond donors (Lipinski definition) is 2. The standard InChI is InChI=1S/C18H26FN3O3/c1-25-11-9-20-17(23)8-7-14-4-3-10-22(13-14)18(24)21-16-6-2-5-15(19)12-16/h2,5-6,12,14H,3-4,7-11,13H2,1H3,(H,20,23)(H,21,24)/t14-/m0/s1. The molecule has 1 aliphatic heterocycles. The van der Waals surface area contributed by atoms with E-state index >= 15 is 0 Å². The summed E-state index contributed by atoms with van der Waals surface area (Å²) in [4.78, 5) is 25.8. The minimum atomic E-state index is -0.381. The highest BCUT2D eigenvalue weighted by Gasteiger charge is 2.24. The number of methoxy groups -OCH3 is 1. The molecule has 0 radical (unpaired) electrons. The number of likely N-dealkylation sites (tertiary alicyclic amines) is 1. The third kappa shape index (κ3) is 6.70. The van der Waals surface area contributed by atoms with Crippen LogP contribution in [-0.4, -0.2) is 50.2 Å². The number of rotatable bonds is 7. The van der Waals surface area contributed by atoms with Crippen molar-refractivity contribution >= 4 is 17.6 Å². The third-order valence-corrected chi connectivity index (χ3v) is 4.29. The summed E-state index contributed by atoms with van der Waals surface area (Å²) in [5.41, 5.74) is 0.449. The van der Waals surface area contributed by atoms with Gasteiger partial charge in [0.15, 0.2) is 0 Å². The largest absolute Gasteiger partial charge is 0.383 e. The summed E-state index contributed by atoms with van der Waals surface area (Å²) in [5, 5.41) is 5.53. The summed E-state index contributed by atoms with van der Waals surface area (Å²) in [5.74, 6) is -0.0626. The van der Waals surface area contributed by atoms with E-state index in [1.165, 1.54) is 12.1 Å². The predicted molar refractivity (Wildman–Crippen MR) is 93.8 cm³/mol. The van der Waals surface area contributed by atoms with Crippen molar-refractivity contribution in [3.8, 4) is 0 Å². The molecule has 1 atom stereocenters. The second kappa shape index (κ2) is 9.98. The number of piperidine rings is 1. The smallest absolute Gasteiger partial charge is 0.321 e. The van der Waals surface area contributed by atoms with Crippen molar-refractivity contribution in [2.75, 3.05) is 38.7 Å². The lowest BCUT2D eigenvalue weighted by Crippen LogP contribution is -2.42. The number of benzene rings is 1. The Morgan fingerprint density at radius 3 is 3.00 bits per heavy atom. The molecule has 7 heteroatoms. The van der Waals surface area contributed by atoms with Crippen LogP contribution in [0.25, 0.3) is 0 Å². The van der Waals surface area contributed by atoms with Crippen LogP contribution in [0, 0.1) is 11.7 Å². The first-order chi connectivity index (χ1) is 12.1. The lowest BCUT2D eigenvalue weighted by Gasteiger charge is -2.32. The molecule has 2 N–H and O–H groups in total. The van der Waals surface area contributed by atoms with Gasteiger partial charge in [-0.1, -0.05) is 6.07 Å². The number of urea groups is 1. The SMILES string of the molecule is COCCNC(=O)CC[C@@H]1CCCN(C(=O)Nc2cccc(F)c2)C1. The topological polar surface area (TPSA) is 70.7 Å². The van der Waals surface area contributed by atoms with Gasteiger partial charge < -0.3 is 20.3 Å². The number of anilines is 1. The van der Waals surface area contributed by atoms with Crippen molar-refractivity contribution in [3.63, 3.8) is 0 Å².